The minimum absolute atomic E-state index is 0.174. The van der Waals surface area contributed by atoms with Crippen molar-refractivity contribution in [3.63, 3.8) is 0 Å². The number of hydrogen-bond acceptors (Lipinski definition) is 4. The lowest BCUT2D eigenvalue weighted by molar-refractivity contribution is -0.120. The Balaban J connectivity index is 2.09. The van der Waals surface area contributed by atoms with E-state index in [-0.39, 0.29) is 18.4 Å². The molecule has 7 heteroatoms. The van der Waals surface area contributed by atoms with Crippen molar-refractivity contribution >= 4 is 34.9 Å². The summed E-state index contributed by atoms with van der Waals surface area (Å²) in [5, 5.41) is 6.82. The zero-order chi connectivity index (χ0) is 15.4. The fraction of sp³-hybridized carbons (Fsp3) is 0.214. The summed E-state index contributed by atoms with van der Waals surface area (Å²) in [7, 11) is 0. The number of amides is 2. The lowest BCUT2D eigenvalue weighted by atomic mass is 10.3. The quantitative estimate of drug-likeness (QED) is 0.942. The monoisotopic (exact) mass is 307 g/mol. The van der Waals surface area contributed by atoms with Gasteiger partial charge in [-0.15, -0.1) is 0 Å². The molecule has 110 valence electrons. The molecule has 2 amide bonds. The largest absolute Gasteiger partial charge is 0.360 e. The summed E-state index contributed by atoms with van der Waals surface area (Å²) >= 11 is 5.97. The maximum Gasteiger partial charge on any atom is 0.244 e. The topological polar surface area (TPSA) is 75.4 Å². The van der Waals surface area contributed by atoms with Crippen LogP contribution in [-0.2, 0) is 9.59 Å². The summed E-state index contributed by atoms with van der Waals surface area (Å²) in [6, 6.07) is 8.45. The van der Waals surface area contributed by atoms with Crippen LogP contribution in [0.5, 0.6) is 0 Å². The number of hydrogen-bond donors (Lipinski definition) is 1. The minimum Gasteiger partial charge on any atom is -0.360 e. The molecule has 0 bridgehead atoms. The van der Waals surface area contributed by atoms with Crippen LogP contribution < -0.4 is 10.2 Å². The van der Waals surface area contributed by atoms with Crippen molar-refractivity contribution in [3.05, 3.63) is 41.1 Å². The fourth-order valence-electron chi connectivity index (χ4n) is 1.73. The number of rotatable bonds is 4. The Bertz CT molecular complexity index is 669. The van der Waals surface area contributed by atoms with Crippen molar-refractivity contribution in [2.24, 2.45) is 0 Å². The van der Waals surface area contributed by atoms with E-state index in [0.29, 0.717) is 22.3 Å². The highest BCUT2D eigenvalue weighted by atomic mass is 35.5. The molecule has 2 aromatic rings. The van der Waals surface area contributed by atoms with E-state index in [1.807, 2.05) is 0 Å². The molecule has 6 nitrogen and oxygen atoms in total. The van der Waals surface area contributed by atoms with E-state index in [1.165, 1.54) is 11.8 Å². The van der Waals surface area contributed by atoms with E-state index >= 15 is 0 Å². The standard InChI is InChI=1S/C14H14ClN3O3/c1-9-7-13(17-21-9)18(10(2)19)8-14(20)16-12-6-4-3-5-11(12)15/h3-7H,8H2,1-2H3,(H,16,20). The molecular formula is C14H14ClN3O3. The molecule has 2 rings (SSSR count). The normalized spacial score (nSPS) is 10.2. The summed E-state index contributed by atoms with van der Waals surface area (Å²) in [5.41, 5.74) is 0.490. The highest BCUT2D eigenvalue weighted by Gasteiger charge is 2.19. The Morgan fingerprint density at radius 2 is 2.10 bits per heavy atom. The Hall–Kier alpha value is -2.34. The summed E-state index contributed by atoms with van der Waals surface area (Å²) in [6.07, 6.45) is 0. The minimum atomic E-state index is -0.376. The van der Waals surface area contributed by atoms with Gasteiger partial charge in [0.05, 0.1) is 10.7 Å². The summed E-state index contributed by atoms with van der Waals surface area (Å²) in [6.45, 7) is 2.89. The van der Waals surface area contributed by atoms with E-state index in [9.17, 15) is 9.59 Å². The van der Waals surface area contributed by atoms with Crippen molar-refractivity contribution in [2.45, 2.75) is 13.8 Å². The number of halogens is 1. The van der Waals surface area contributed by atoms with Crippen LogP contribution in [0.15, 0.2) is 34.9 Å². The zero-order valence-electron chi connectivity index (χ0n) is 11.6. The predicted octanol–water partition coefficient (Wildman–Crippen LogP) is 2.63. The van der Waals surface area contributed by atoms with Crippen LogP contribution >= 0.6 is 11.6 Å². The molecular weight excluding hydrogens is 294 g/mol. The number of carbonyl (C=O) groups excluding carboxylic acids is 2. The van der Waals surface area contributed by atoms with Gasteiger partial charge in [0.1, 0.15) is 12.3 Å². The summed E-state index contributed by atoms with van der Waals surface area (Å²) in [4.78, 5) is 24.9. The molecule has 0 atom stereocenters. The highest BCUT2D eigenvalue weighted by Crippen LogP contribution is 2.20. The summed E-state index contributed by atoms with van der Waals surface area (Å²) in [5.74, 6) is 0.175. The van der Waals surface area contributed by atoms with E-state index in [1.54, 1.807) is 37.3 Å². The Morgan fingerprint density at radius 3 is 2.67 bits per heavy atom. The van der Waals surface area contributed by atoms with Gasteiger partial charge < -0.3 is 9.84 Å². The average Bonchev–Trinajstić information content (AvgIpc) is 2.85. The van der Waals surface area contributed by atoms with Gasteiger partial charge in [-0.3, -0.25) is 14.5 Å². The van der Waals surface area contributed by atoms with Gasteiger partial charge in [-0.05, 0) is 19.1 Å². The maximum absolute atomic E-state index is 12.0. The molecule has 21 heavy (non-hydrogen) atoms. The van der Waals surface area contributed by atoms with Gasteiger partial charge in [-0.1, -0.05) is 28.9 Å². The van der Waals surface area contributed by atoms with Crippen LogP contribution in [0.1, 0.15) is 12.7 Å². The average molecular weight is 308 g/mol. The smallest absolute Gasteiger partial charge is 0.244 e. The molecule has 0 fully saturated rings. The van der Waals surface area contributed by atoms with Crippen LogP contribution in [0.25, 0.3) is 0 Å². The van der Waals surface area contributed by atoms with Gasteiger partial charge in [0, 0.05) is 13.0 Å². The van der Waals surface area contributed by atoms with Crippen molar-refractivity contribution in [1.82, 2.24) is 5.16 Å². The predicted molar refractivity (Wildman–Crippen MR) is 79.3 cm³/mol. The number of anilines is 2. The SMILES string of the molecule is CC(=O)N(CC(=O)Nc1ccccc1Cl)c1cc(C)on1. The molecule has 0 aliphatic carbocycles. The first-order chi connectivity index (χ1) is 9.97. The lowest BCUT2D eigenvalue weighted by Gasteiger charge is -2.17. The van der Waals surface area contributed by atoms with Crippen LogP contribution in [0.3, 0.4) is 0 Å². The third-order valence-electron chi connectivity index (χ3n) is 2.72. The Labute approximate surface area is 126 Å². The Morgan fingerprint density at radius 1 is 1.38 bits per heavy atom. The number of nitrogens with zero attached hydrogens (tertiary/aromatic N) is 2. The molecule has 0 aliphatic rings. The number of benzene rings is 1. The molecule has 0 aliphatic heterocycles. The number of nitrogens with one attached hydrogen (secondary N) is 1. The third kappa shape index (κ3) is 3.82. The first-order valence-corrected chi connectivity index (χ1v) is 6.61. The van der Waals surface area contributed by atoms with Gasteiger partial charge in [0.25, 0.3) is 0 Å². The first-order valence-electron chi connectivity index (χ1n) is 6.23. The Kier molecular flexibility index (Phi) is 4.59. The maximum atomic E-state index is 12.0. The van der Waals surface area contributed by atoms with Crippen LogP contribution in [0.2, 0.25) is 5.02 Å². The van der Waals surface area contributed by atoms with Gasteiger partial charge in [-0.25, -0.2) is 0 Å². The van der Waals surface area contributed by atoms with E-state index in [2.05, 4.69) is 10.5 Å². The second-order valence-corrected chi connectivity index (χ2v) is 4.84. The number of para-hydroxylation sites is 1. The summed E-state index contributed by atoms with van der Waals surface area (Å²) < 4.78 is 4.92. The fourth-order valence-corrected chi connectivity index (χ4v) is 1.91. The van der Waals surface area contributed by atoms with E-state index in [4.69, 9.17) is 16.1 Å². The van der Waals surface area contributed by atoms with Crippen molar-refractivity contribution in [1.29, 1.82) is 0 Å². The first kappa shape index (κ1) is 15.1. The second-order valence-electron chi connectivity index (χ2n) is 4.43. The van der Waals surface area contributed by atoms with Crippen LogP contribution in [0.4, 0.5) is 11.5 Å². The van der Waals surface area contributed by atoms with Crippen molar-refractivity contribution < 1.29 is 14.1 Å². The van der Waals surface area contributed by atoms with E-state index < -0.39 is 0 Å². The molecule has 0 unspecified atom stereocenters. The third-order valence-corrected chi connectivity index (χ3v) is 3.05. The van der Waals surface area contributed by atoms with Gasteiger partial charge in [0.2, 0.25) is 11.8 Å². The van der Waals surface area contributed by atoms with Crippen molar-refractivity contribution in [2.75, 3.05) is 16.8 Å². The number of carbonyl (C=O) groups is 2. The molecule has 0 radical (unpaired) electrons. The number of aryl methyl sites for hydroxylation is 1. The molecule has 1 aromatic heterocycles. The molecule has 1 aromatic carbocycles. The molecule has 0 saturated carbocycles. The van der Waals surface area contributed by atoms with Crippen LogP contribution in [-0.4, -0.2) is 23.5 Å². The molecule has 1 heterocycles. The van der Waals surface area contributed by atoms with Crippen LogP contribution in [0, 0.1) is 6.92 Å². The van der Waals surface area contributed by atoms with Crippen molar-refractivity contribution in [3.8, 4) is 0 Å². The molecule has 0 saturated heterocycles. The molecule has 0 spiro atoms. The lowest BCUT2D eigenvalue weighted by Crippen LogP contribution is -2.36. The molecule has 1 N–H and O–H groups in total. The van der Waals surface area contributed by atoms with E-state index in [0.717, 1.165) is 0 Å². The van der Waals surface area contributed by atoms with Gasteiger partial charge in [0.15, 0.2) is 5.82 Å². The zero-order valence-corrected chi connectivity index (χ0v) is 12.3. The highest BCUT2D eigenvalue weighted by molar-refractivity contribution is 6.33. The second kappa shape index (κ2) is 6.41. The number of aromatic nitrogens is 1. The van der Waals surface area contributed by atoms with Gasteiger partial charge in [-0.2, -0.15) is 0 Å². The van der Waals surface area contributed by atoms with Gasteiger partial charge >= 0.3 is 0 Å².